The van der Waals surface area contributed by atoms with Gasteiger partial charge in [0.25, 0.3) is 0 Å². The van der Waals surface area contributed by atoms with Crippen LogP contribution in [0.5, 0.6) is 0 Å². The highest BCUT2D eigenvalue weighted by Crippen LogP contribution is 2.19. The third-order valence-corrected chi connectivity index (χ3v) is 3.45. The van der Waals surface area contributed by atoms with Crippen molar-refractivity contribution in [3.63, 3.8) is 0 Å². The van der Waals surface area contributed by atoms with Crippen molar-refractivity contribution in [3.05, 3.63) is 64.2 Å². The lowest BCUT2D eigenvalue weighted by Crippen LogP contribution is -2.35. The minimum atomic E-state index is -0.697. The number of anilines is 1. The summed E-state index contributed by atoms with van der Waals surface area (Å²) in [5, 5.41) is 5.75. The van der Waals surface area contributed by atoms with Crippen LogP contribution in [0.15, 0.2) is 42.5 Å². The monoisotopic (exact) mass is 316 g/mol. The fourth-order valence-corrected chi connectivity index (χ4v) is 2.14. The maximum absolute atomic E-state index is 11.9. The summed E-state index contributed by atoms with van der Waals surface area (Å²) in [6.45, 7) is 4.11. The fraction of sp³-hybridized carbons (Fsp3) is 0.176. The fourth-order valence-electron chi connectivity index (χ4n) is 1.91. The van der Waals surface area contributed by atoms with E-state index in [-0.39, 0.29) is 0 Å². The van der Waals surface area contributed by atoms with Crippen molar-refractivity contribution in [2.45, 2.75) is 20.4 Å². The van der Waals surface area contributed by atoms with E-state index < -0.39 is 11.8 Å². The Bertz CT molecular complexity index is 696. The lowest BCUT2D eigenvalue weighted by Gasteiger charge is -2.09. The average Bonchev–Trinajstić information content (AvgIpc) is 2.49. The highest BCUT2D eigenvalue weighted by atomic mass is 35.5. The first-order valence-corrected chi connectivity index (χ1v) is 7.24. The van der Waals surface area contributed by atoms with Crippen LogP contribution in [0.2, 0.25) is 5.02 Å². The van der Waals surface area contributed by atoms with E-state index in [1.165, 1.54) is 0 Å². The standard InChI is InChI=1S/C17H17ClN2O2/c1-11-3-5-13(6-4-11)10-19-16(21)17(22)20-15-8-7-14(18)9-12(15)2/h3-9H,10H2,1-2H3,(H,19,21)(H,20,22). The summed E-state index contributed by atoms with van der Waals surface area (Å²) in [6, 6.07) is 12.8. The second-order valence-electron chi connectivity index (χ2n) is 5.08. The third kappa shape index (κ3) is 4.33. The van der Waals surface area contributed by atoms with Crippen LogP contribution >= 0.6 is 11.6 Å². The summed E-state index contributed by atoms with van der Waals surface area (Å²) in [6.07, 6.45) is 0. The Morgan fingerprint density at radius 1 is 1.00 bits per heavy atom. The van der Waals surface area contributed by atoms with Gasteiger partial charge in [-0.05, 0) is 43.2 Å². The molecule has 0 aliphatic heterocycles. The van der Waals surface area contributed by atoms with Crippen LogP contribution in [0.1, 0.15) is 16.7 Å². The van der Waals surface area contributed by atoms with Gasteiger partial charge in [-0.25, -0.2) is 0 Å². The van der Waals surface area contributed by atoms with Gasteiger partial charge in [-0.2, -0.15) is 0 Å². The normalized spacial score (nSPS) is 10.1. The number of hydrogen-bond donors (Lipinski definition) is 2. The number of amides is 2. The lowest BCUT2D eigenvalue weighted by molar-refractivity contribution is -0.136. The smallest absolute Gasteiger partial charge is 0.313 e. The largest absolute Gasteiger partial charge is 0.344 e. The van der Waals surface area contributed by atoms with Crippen LogP contribution in [-0.2, 0) is 16.1 Å². The van der Waals surface area contributed by atoms with Gasteiger partial charge in [0.15, 0.2) is 0 Å². The Hall–Kier alpha value is -2.33. The molecule has 4 nitrogen and oxygen atoms in total. The highest BCUT2D eigenvalue weighted by Gasteiger charge is 2.14. The summed E-state index contributed by atoms with van der Waals surface area (Å²) in [7, 11) is 0. The van der Waals surface area contributed by atoms with E-state index in [9.17, 15) is 9.59 Å². The Labute approximate surface area is 134 Å². The van der Waals surface area contributed by atoms with Gasteiger partial charge in [0.05, 0.1) is 0 Å². The van der Waals surface area contributed by atoms with Crippen molar-refractivity contribution in [3.8, 4) is 0 Å². The molecule has 0 unspecified atom stereocenters. The summed E-state index contributed by atoms with van der Waals surface area (Å²) >= 11 is 5.85. The molecule has 0 saturated carbocycles. The first-order valence-electron chi connectivity index (χ1n) is 6.86. The minimum Gasteiger partial charge on any atom is -0.344 e. The minimum absolute atomic E-state index is 0.312. The van der Waals surface area contributed by atoms with Crippen LogP contribution in [0.3, 0.4) is 0 Å². The molecule has 0 bridgehead atoms. The highest BCUT2D eigenvalue weighted by molar-refractivity contribution is 6.39. The maximum Gasteiger partial charge on any atom is 0.313 e. The topological polar surface area (TPSA) is 58.2 Å². The third-order valence-electron chi connectivity index (χ3n) is 3.22. The van der Waals surface area contributed by atoms with Gasteiger partial charge in [0.2, 0.25) is 0 Å². The molecule has 0 fully saturated rings. The molecule has 0 saturated heterocycles. The molecule has 2 rings (SSSR count). The van der Waals surface area contributed by atoms with Gasteiger partial charge in [-0.1, -0.05) is 41.4 Å². The number of aryl methyl sites for hydroxylation is 2. The molecule has 0 radical (unpaired) electrons. The Morgan fingerprint density at radius 3 is 2.32 bits per heavy atom. The number of carbonyl (C=O) groups excluding carboxylic acids is 2. The molecule has 114 valence electrons. The van der Waals surface area contributed by atoms with Crippen molar-refractivity contribution in [1.29, 1.82) is 0 Å². The van der Waals surface area contributed by atoms with E-state index in [1.54, 1.807) is 18.2 Å². The number of nitrogens with one attached hydrogen (secondary N) is 2. The lowest BCUT2D eigenvalue weighted by atomic mass is 10.1. The van der Waals surface area contributed by atoms with Crippen LogP contribution in [0, 0.1) is 13.8 Å². The van der Waals surface area contributed by atoms with E-state index in [1.807, 2.05) is 38.1 Å². The molecule has 0 atom stereocenters. The Kier molecular flexibility index (Phi) is 5.17. The predicted molar refractivity (Wildman–Crippen MR) is 87.8 cm³/mol. The zero-order chi connectivity index (χ0) is 16.1. The first-order chi connectivity index (χ1) is 10.5. The van der Waals surface area contributed by atoms with Crippen molar-refractivity contribution >= 4 is 29.1 Å². The molecule has 0 aliphatic carbocycles. The summed E-state index contributed by atoms with van der Waals surface area (Å²) in [4.78, 5) is 23.7. The second-order valence-corrected chi connectivity index (χ2v) is 5.52. The zero-order valence-corrected chi connectivity index (χ0v) is 13.2. The molecule has 2 amide bonds. The molecular weight excluding hydrogens is 300 g/mol. The molecule has 0 heterocycles. The molecule has 0 aliphatic rings. The van der Waals surface area contributed by atoms with Crippen LogP contribution in [-0.4, -0.2) is 11.8 Å². The van der Waals surface area contributed by atoms with Crippen LogP contribution < -0.4 is 10.6 Å². The Morgan fingerprint density at radius 2 is 1.68 bits per heavy atom. The zero-order valence-electron chi connectivity index (χ0n) is 12.4. The van der Waals surface area contributed by atoms with Crippen molar-refractivity contribution in [2.24, 2.45) is 0 Å². The number of benzene rings is 2. The summed E-state index contributed by atoms with van der Waals surface area (Å²) in [5.41, 5.74) is 3.45. The van der Waals surface area contributed by atoms with E-state index in [0.717, 1.165) is 16.7 Å². The van der Waals surface area contributed by atoms with Gasteiger partial charge in [-0.15, -0.1) is 0 Å². The molecule has 2 aromatic rings. The number of hydrogen-bond acceptors (Lipinski definition) is 2. The Balaban J connectivity index is 1.92. The van der Waals surface area contributed by atoms with E-state index in [2.05, 4.69) is 10.6 Å². The van der Waals surface area contributed by atoms with Gasteiger partial charge in [-0.3, -0.25) is 9.59 Å². The van der Waals surface area contributed by atoms with E-state index in [0.29, 0.717) is 17.3 Å². The molecule has 2 N–H and O–H groups in total. The van der Waals surface area contributed by atoms with Crippen molar-refractivity contribution < 1.29 is 9.59 Å². The quantitative estimate of drug-likeness (QED) is 0.854. The number of halogens is 1. The van der Waals surface area contributed by atoms with Crippen molar-refractivity contribution in [2.75, 3.05) is 5.32 Å². The number of carbonyl (C=O) groups is 2. The predicted octanol–water partition coefficient (Wildman–Crippen LogP) is 3.21. The van der Waals surface area contributed by atoms with Gasteiger partial charge >= 0.3 is 11.8 Å². The SMILES string of the molecule is Cc1ccc(CNC(=O)C(=O)Nc2ccc(Cl)cc2C)cc1. The average molecular weight is 317 g/mol. The van der Waals surface area contributed by atoms with Crippen molar-refractivity contribution in [1.82, 2.24) is 5.32 Å². The van der Waals surface area contributed by atoms with Gasteiger partial charge in [0.1, 0.15) is 0 Å². The van der Waals surface area contributed by atoms with E-state index >= 15 is 0 Å². The van der Waals surface area contributed by atoms with E-state index in [4.69, 9.17) is 11.6 Å². The van der Waals surface area contributed by atoms with Crippen LogP contribution in [0.4, 0.5) is 5.69 Å². The molecule has 22 heavy (non-hydrogen) atoms. The molecule has 5 heteroatoms. The van der Waals surface area contributed by atoms with Crippen LogP contribution in [0.25, 0.3) is 0 Å². The summed E-state index contributed by atoms with van der Waals surface area (Å²) < 4.78 is 0. The number of rotatable bonds is 3. The maximum atomic E-state index is 11.9. The first kappa shape index (κ1) is 16.0. The second kappa shape index (κ2) is 7.09. The molecule has 0 spiro atoms. The van der Waals surface area contributed by atoms with Gasteiger partial charge in [0, 0.05) is 17.3 Å². The summed E-state index contributed by atoms with van der Waals surface area (Å²) in [5.74, 6) is -1.37. The molecule has 0 aromatic heterocycles. The molecular formula is C17H17ClN2O2. The van der Waals surface area contributed by atoms with Gasteiger partial charge < -0.3 is 10.6 Å². The molecule has 2 aromatic carbocycles.